The van der Waals surface area contributed by atoms with E-state index in [1.54, 1.807) is 19.2 Å². The van der Waals surface area contributed by atoms with E-state index < -0.39 is 0 Å². The molecule has 1 aliphatic heterocycles. The van der Waals surface area contributed by atoms with Gasteiger partial charge < -0.3 is 9.47 Å². The molecule has 148 valence electrons. The number of aromatic nitrogens is 4. The number of anilines is 2. The number of halogens is 1. The zero-order chi connectivity index (χ0) is 20.2. The molecule has 0 spiro atoms. The molecule has 1 aliphatic rings. The van der Waals surface area contributed by atoms with Crippen molar-refractivity contribution in [2.45, 2.75) is 33.9 Å². The van der Waals surface area contributed by atoms with Gasteiger partial charge in [-0.25, -0.2) is 9.18 Å². The van der Waals surface area contributed by atoms with Crippen LogP contribution in [0.15, 0.2) is 33.9 Å². The van der Waals surface area contributed by atoms with Crippen LogP contribution in [-0.2, 0) is 20.1 Å². The van der Waals surface area contributed by atoms with Crippen molar-refractivity contribution >= 4 is 22.8 Å². The fourth-order valence-corrected chi connectivity index (χ4v) is 3.87. The number of aryl methyl sites for hydroxylation is 1. The molecule has 0 radical (unpaired) electrons. The first-order valence-corrected chi connectivity index (χ1v) is 9.51. The molecule has 0 fully saturated rings. The monoisotopic (exact) mass is 385 g/mol. The lowest BCUT2D eigenvalue weighted by molar-refractivity contribution is 0.454. The quantitative estimate of drug-likeness (QED) is 0.695. The maximum Gasteiger partial charge on any atom is 0.332 e. The second-order valence-corrected chi connectivity index (χ2v) is 8.04. The van der Waals surface area contributed by atoms with Gasteiger partial charge in [-0.15, -0.1) is 0 Å². The topological polar surface area (TPSA) is 65.1 Å². The minimum Gasteiger partial charge on any atom is -0.312 e. The zero-order valence-electron chi connectivity index (χ0n) is 16.5. The number of hydrogen-bond acceptors (Lipinski definition) is 4. The molecular formula is C20H24FN5O2. The van der Waals surface area contributed by atoms with Crippen molar-refractivity contribution < 1.29 is 4.39 Å². The summed E-state index contributed by atoms with van der Waals surface area (Å²) in [6, 6.07) is 6.22. The maximum atomic E-state index is 13.4. The molecule has 0 aliphatic carbocycles. The van der Waals surface area contributed by atoms with Crippen molar-refractivity contribution in [2.24, 2.45) is 18.9 Å². The Hall–Kier alpha value is -2.90. The average molecular weight is 385 g/mol. The van der Waals surface area contributed by atoms with E-state index in [1.807, 2.05) is 23.3 Å². The van der Waals surface area contributed by atoms with E-state index in [2.05, 4.69) is 11.9 Å². The molecule has 1 atom stereocenters. The van der Waals surface area contributed by atoms with Gasteiger partial charge >= 0.3 is 5.69 Å². The van der Waals surface area contributed by atoms with Gasteiger partial charge in [0.05, 0.1) is 0 Å². The van der Waals surface area contributed by atoms with Crippen LogP contribution in [0.2, 0.25) is 0 Å². The van der Waals surface area contributed by atoms with E-state index >= 15 is 0 Å². The average Bonchev–Trinajstić information content (AvgIpc) is 3.03. The summed E-state index contributed by atoms with van der Waals surface area (Å²) in [5.74, 6) is 0.724. The summed E-state index contributed by atoms with van der Waals surface area (Å²) in [6.07, 6.45) is 0. The molecule has 0 N–H and O–H groups in total. The van der Waals surface area contributed by atoms with Crippen LogP contribution in [0, 0.1) is 17.7 Å². The standard InChI is InChI=1S/C20H24FN5O2/c1-12(2)9-26-18(27)16-17(23(4)20(26)28)22-19-24(10-13(3)11-25(16)19)15-7-5-14(21)6-8-15/h5-8,12-13H,9-11H2,1-4H3/t13-/m1/s1. The Bertz CT molecular complexity index is 1160. The van der Waals surface area contributed by atoms with Crippen LogP contribution in [0.3, 0.4) is 0 Å². The lowest BCUT2D eigenvalue weighted by Crippen LogP contribution is -2.41. The van der Waals surface area contributed by atoms with Crippen molar-refractivity contribution in [3.8, 4) is 0 Å². The Morgan fingerprint density at radius 2 is 1.86 bits per heavy atom. The second kappa shape index (κ2) is 6.61. The van der Waals surface area contributed by atoms with Gasteiger partial charge in [0.2, 0.25) is 5.95 Å². The van der Waals surface area contributed by atoms with Crippen LogP contribution in [-0.4, -0.2) is 25.2 Å². The van der Waals surface area contributed by atoms with E-state index in [9.17, 15) is 14.0 Å². The molecule has 8 heteroatoms. The van der Waals surface area contributed by atoms with E-state index in [0.29, 0.717) is 36.7 Å². The molecule has 1 aromatic carbocycles. The van der Waals surface area contributed by atoms with Crippen LogP contribution in [0.25, 0.3) is 11.2 Å². The third kappa shape index (κ3) is 2.83. The van der Waals surface area contributed by atoms with Gasteiger partial charge in [0.15, 0.2) is 11.2 Å². The van der Waals surface area contributed by atoms with E-state index in [1.165, 1.54) is 21.3 Å². The van der Waals surface area contributed by atoms with Gasteiger partial charge in [-0.3, -0.25) is 13.9 Å². The van der Waals surface area contributed by atoms with Crippen molar-refractivity contribution in [1.82, 2.24) is 18.7 Å². The third-order valence-corrected chi connectivity index (χ3v) is 5.13. The first-order chi connectivity index (χ1) is 13.3. The number of rotatable bonds is 3. The molecule has 4 rings (SSSR count). The second-order valence-electron chi connectivity index (χ2n) is 8.04. The fourth-order valence-electron chi connectivity index (χ4n) is 3.87. The first kappa shape index (κ1) is 18.5. The lowest BCUT2D eigenvalue weighted by Gasteiger charge is -2.32. The fraction of sp³-hybridized carbons (Fsp3) is 0.450. The van der Waals surface area contributed by atoms with Crippen LogP contribution in [0.1, 0.15) is 20.8 Å². The molecule has 3 heterocycles. The normalized spacial score (nSPS) is 16.8. The zero-order valence-corrected chi connectivity index (χ0v) is 16.5. The summed E-state index contributed by atoms with van der Waals surface area (Å²) in [6.45, 7) is 7.74. The minimum absolute atomic E-state index is 0.168. The van der Waals surface area contributed by atoms with Gasteiger partial charge in [0.1, 0.15) is 5.82 Å². The van der Waals surface area contributed by atoms with E-state index in [4.69, 9.17) is 0 Å². The highest BCUT2D eigenvalue weighted by Crippen LogP contribution is 2.32. The Balaban J connectivity index is 1.99. The summed E-state index contributed by atoms with van der Waals surface area (Å²) < 4.78 is 18.0. The van der Waals surface area contributed by atoms with E-state index in [0.717, 1.165) is 5.69 Å². The highest BCUT2D eigenvalue weighted by molar-refractivity contribution is 5.77. The minimum atomic E-state index is -0.358. The summed E-state index contributed by atoms with van der Waals surface area (Å²) in [7, 11) is 1.64. The van der Waals surface area contributed by atoms with Gasteiger partial charge in [0, 0.05) is 32.4 Å². The van der Waals surface area contributed by atoms with Gasteiger partial charge in [-0.1, -0.05) is 20.8 Å². The highest BCUT2D eigenvalue weighted by Gasteiger charge is 2.29. The summed E-state index contributed by atoms with van der Waals surface area (Å²) >= 11 is 0. The molecule has 0 saturated heterocycles. The van der Waals surface area contributed by atoms with Crippen LogP contribution in [0.4, 0.5) is 16.0 Å². The molecule has 2 aromatic heterocycles. The molecule has 28 heavy (non-hydrogen) atoms. The van der Waals surface area contributed by atoms with Crippen LogP contribution < -0.4 is 16.1 Å². The van der Waals surface area contributed by atoms with Crippen LogP contribution >= 0.6 is 0 Å². The Morgan fingerprint density at radius 3 is 2.50 bits per heavy atom. The SMILES string of the molecule is CC(C)Cn1c(=O)c2c(nc3n2C[C@H](C)CN3c2ccc(F)cc2)n(C)c1=O. The smallest absolute Gasteiger partial charge is 0.312 e. The summed E-state index contributed by atoms with van der Waals surface area (Å²) in [5, 5.41) is 0. The molecule has 3 aromatic rings. The molecular weight excluding hydrogens is 361 g/mol. The summed E-state index contributed by atoms with van der Waals surface area (Å²) in [5.41, 5.74) is 0.960. The van der Waals surface area contributed by atoms with Gasteiger partial charge in [-0.05, 0) is 36.1 Å². The van der Waals surface area contributed by atoms with Crippen molar-refractivity contribution in [2.75, 3.05) is 11.4 Å². The Kier molecular flexibility index (Phi) is 4.36. The molecule has 7 nitrogen and oxygen atoms in total. The van der Waals surface area contributed by atoms with Gasteiger partial charge in [-0.2, -0.15) is 4.98 Å². The van der Waals surface area contributed by atoms with Crippen molar-refractivity contribution in [3.63, 3.8) is 0 Å². The number of benzene rings is 1. The highest BCUT2D eigenvalue weighted by atomic mass is 19.1. The van der Waals surface area contributed by atoms with E-state index in [-0.39, 0.29) is 28.9 Å². The van der Waals surface area contributed by atoms with Crippen molar-refractivity contribution in [3.05, 3.63) is 50.9 Å². The number of hydrogen-bond donors (Lipinski definition) is 0. The molecule has 0 bridgehead atoms. The number of nitrogens with zero attached hydrogens (tertiary/aromatic N) is 5. The lowest BCUT2D eigenvalue weighted by atomic mass is 10.1. The maximum absolute atomic E-state index is 13.4. The largest absolute Gasteiger partial charge is 0.332 e. The van der Waals surface area contributed by atoms with Gasteiger partial charge in [0.25, 0.3) is 5.56 Å². The summed E-state index contributed by atoms with van der Waals surface area (Å²) in [4.78, 5) is 32.5. The first-order valence-electron chi connectivity index (χ1n) is 9.51. The Labute approximate surface area is 161 Å². The molecule has 0 unspecified atom stereocenters. The molecule has 0 amide bonds. The predicted molar refractivity (Wildman–Crippen MR) is 107 cm³/mol. The van der Waals surface area contributed by atoms with Crippen molar-refractivity contribution in [1.29, 1.82) is 0 Å². The predicted octanol–water partition coefficient (Wildman–Crippen LogP) is 2.48. The molecule has 0 saturated carbocycles. The Morgan fingerprint density at radius 1 is 1.18 bits per heavy atom. The number of imidazole rings is 1. The van der Waals surface area contributed by atoms with Crippen LogP contribution in [0.5, 0.6) is 0 Å². The number of fused-ring (bicyclic) bond motifs is 3. The third-order valence-electron chi connectivity index (χ3n) is 5.13.